The van der Waals surface area contributed by atoms with Gasteiger partial charge >= 0.3 is 0 Å². The smallest absolute Gasteiger partial charge is 0.221 e. The van der Waals surface area contributed by atoms with Crippen molar-refractivity contribution >= 4 is 33.5 Å². The number of aromatic nitrogens is 2. The number of nitrogens with zero attached hydrogens (tertiary/aromatic N) is 2. The van der Waals surface area contributed by atoms with E-state index in [-0.39, 0.29) is 5.91 Å². The number of ether oxygens (including phenoxy) is 1. The molecule has 0 radical (unpaired) electrons. The summed E-state index contributed by atoms with van der Waals surface area (Å²) < 4.78 is 5.43. The number of nitrogens with one attached hydrogen (secondary N) is 2. The van der Waals surface area contributed by atoms with E-state index in [0.29, 0.717) is 42.2 Å². The minimum Gasteiger partial charge on any atom is -0.383 e. The number of hydrogen-bond donors (Lipinski definition) is 3. The summed E-state index contributed by atoms with van der Waals surface area (Å²) in [6, 6.07) is 0. The Morgan fingerprint density at radius 2 is 2.28 bits per heavy atom. The first kappa shape index (κ1) is 14.7. The third-order valence-corrected chi connectivity index (χ3v) is 2.87. The van der Waals surface area contributed by atoms with E-state index in [1.807, 2.05) is 0 Å². The first-order chi connectivity index (χ1) is 8.65. The molecule has 0 aliphatic heterocycles. The lowest BCUT2D eigenvalue weighted by molar-refractivity contribution is -0.121. The second-order valence-electron chi connectivity index (χ2n) is 3.44. The SMILES string of the molecule is COCCNC(=O)CCNc1ncnc(N)c1Br. The first-order valence-corrected chi connectivity index (χ1v) is 6.20. The molecule has 1 aromatic heterocycles. The molecule has 0 unspecified atom stereocenters. The molecule has 0 aliphatic carbocycles. The molecule has 1 aromatic rings. The van der Waals surface area contributed by atoms with Crippen molar-refractivity contribution in [2.75, 3.05) is 37.9 Å². The van der Waals surface area contributed by atoms with Gasteiger partial charge in [-0.1, -0.05) is 0 Å². The normalized spacial score (nSPS) is 10.1. The van der Waals surface area contributed by atoms with E-state index >= 15 is 0 Å². The summed E-state index contributed by atoms with van der Waals surface area (Å²) in [6.45, 7) is 1.49. The Bertz CT molecular complexity index is 402. The molecule has 1 amide bonds. The van der Waals surface area contributed by atoms with Gasteiger partial charge in [0.2, 0.25) is 5.91 Å². The number of methoxy groups -OCH3 is 1. The zero-order valence-electron chi connectivity index (χ0n) is 10.1. The fourth-order valence-corrected chi connectivity index (χ4v) is 1.53. The topological polar surface area (TPSA) is 102 Å². The second kappa shape index (κ2) is 7.83. The maximum Gasteiger partial charge on any atom is 0.221 e. The average Bonchev–Trinajstić information content (AvgIpc) is 2.35. The van der Waals surface area contributed by atoms with Crippen LogP contribution in [0.15, 0.2) is 10.8 Å². The summed E-state index contributed by atoms with van der Waals surface area (Å²) in [4.78, 5) is 19.2. The zero-order chi connectivity index (χ0) is 13.4. The summed E-state index contributed by atoms with van der Waals surface area (Å²) >= 11 is 3.27. The Labute approximate surface area is 114 Å². The third kappa shape index (κ3) is 4.84. The van der Waals surface area contributed by atoms with Crippen LogP contribution in [-0.4, -0.2) is 42.7 Å². The quantitative estimate of drug-likeness (QED) is 0.629. The predicted octanol–water partition coefficient (Wildman–Crippen LogP) is 0.386. The molecule has 0 saturated heterocycles. The summed E-state index contributed by atoms with van der Waals surface area (Å²) in [5, 5.41) is 5.73. The van der Waals surface area contributed by atoms with Gasteiger partial charge in [0.05, 0.1) is 6.61 Å². The lowest BCUT2D eigenvalue weighted by atomic mass is 10.4. The monoisotopic (exact) mass is 317 g/mol. The van der Waals surface area contributed by atoms with Gasteiger partial charge in [0.25, 0.3) is 0 Å². The zero-order valence-corrected chi connectivity index (χ0v) is 11.7. The highest BCUT2D eigenvalue weighted by Gasteiger charge is 2.06. The Kier molecular flexibility index (Phi) is 6.37. The Morgan fingerprint density at radius 1 is 1.50 bits per heavy atom. The number of halogens is 1. The van der Waals surface area contributed by atoms with Crippen LogP contribution < -0.4 is 16.4 Å². The summed E-state index contributed by atoms with van der Waals surface area (Å²) in [7, 11) is 1.59. The molecule has 0 aromatic carbocycles. The van der Waals surface area contributed by atoms with Gasteiger partial charge in [-0.25, -0.2) is 9.97 Å². The number of carbonyl (C=O) groups excluding carboxylic acids is 1. The lowest BCUT2D eigenvalue weighted by Gasteiger charge is -2.08. The van der Waals surface area contributed by atoms with E-state index in [9.17, 15) is 4.79 Å². The number of rotatable bonds is 7. The van der Waals surface area contributed by atoms with Crippen LogP contribution in [-0.2, 0) is 9.53 Å². The van der Waals surface area contributed by atoms with Gasteiger partial charge in [0, 0.05) is 26.6 Å². The Hall–Kier alpha value is -1.41. The fourth-order valence-electron chi connectivity index (χ4n) is 1.18. The molecule has 18 heavy (non-hydrogen) atoms. The van der Waals surface area contributed by atoms with Crippen LogP contribution in [0, 0.1) is 0 Å². The molecule has 100 valence electrons. The van der Waals surface area contributed by atoms with Gasteiger partial charge in [-0.3, -0.25) is 4.79 Å². The molecular formula is C10H16BrN5O2. The summed E-state index contributed by atoms with van der Waals surface area (Å²) in [5.41, 5.74) is 5.60. The first-order valence-electron chi connectivity index (χ1n) is 5.40. The molecule has 0 aliphatic rings. The summed E-state index contributed by atoms with van der Waals surface area (Å²) in [5.74, 6) is 0.891. The van der Waals surface area contributed by atoms with E-state index in [1.165, 1.54) is 6.33 Å². The van der Waals surface area contributed by atoms with E-state index in [1.54, 1.807) is 7.11 Å². The highest BCUT2D eigenvalue weighted by molar-refractivity contribution is 9.10. The molecule has 0 fully saturated rings. The lowest BCUT2D eigenvalue weighted by Crippen LogP contribution is -2.28. The van der Waals surface area contributed by atoms with Crippen molar-refractivity contribution in [2.24, 2.45) is 0 Å². The van der Waals surface area contributed by atoms with Crippen molar-refractivity contribution in [3.63, 3.8) is 0 Å². The van der Waals surface area contributed by atoms with Crippen LogP contribution in [0.25, 0.3) is 0 Å². The third-order valence-electron chi connectivity index (χ3n) is 2.09. The highest BCUT2D eigenvalue weighted by Crippen LogP contribution is 2.23. The van der Waals surface area contributed by atoms with Gasteiger partial charge in [-0.05, 0) is 15.9 Å². The van der Waals surface area contributed by atoms with Crippen molar-refractivity contribution in [2.45, 2.75) is 6.42 Å². The average molecular weight is 318 g/mol. The van der Waals surface area contributed by atoms with Gasteiger partial charge in [-0.2, -0.15) is 0 Å². The van der Waals surface area contributed by atoms with E-state index < -0.39 is 0 Å². The van der Waals surface area contributed by atoms with Crippen molar-refractivity contribution in [1.29, 1.82) is 0 Å². The summed E-state index contributed by atoms with van der Waals surface area (Å²) in [6.07, 6.45) is 1.71. The van der Waals surface area contributed by atoms with Crippen LogP contribution in [0.5, 0.6) is 0 Å². The Morgan fingerprint density at radius 3 is 3.00 bits per heavy atom. The maximum atomic E-state index is 11.4. The van der Waals surface area contributed by atoms with Crippen LogP contribution in [0.2, 0.25) is 0 Å². The van der Waals surface area contributed by atoms with Crippen molar-refractivity contribution < 1.29 is 9.53 Å². The molecule has 0 spiro atoms. The highest BCUT2D eigenvalue weighted by atomic mass is 79.9. The number of amides is 1. The molecule has 4 N–H and O–H groups in total. The number of nitrogen functional groups attached to an aromatic ring is 1. The van der Waals surface area contributed by atoms with Crippen molar-refractivity contribution in [3.05, 3.63) is 10.8 Å². The molecule has 0 atom stereocenters. The maximum absolute atomic E-state index is 11.4. The fraction of sp³-hybridized carbons (Fsp3) is 0.500. The van der Waals surface area contributed by atoms with Crippen molar-refractivity contribution in [1.82, 2.24) is 15.3 Å². The van der Waals surface area contributed by atoms with Crippen LogP contribution in [0.3, 0.4) is 0 Å². The predicted molar refractivity (Wildman–Crippen MR) is 72.1 cm³/mol. The second-order valence-corrected chi connectivity index (χ2v) is 4.23. The van der Waals surface area contributed by atoms with E-state index in [4.69, 9.17) is 10.5 Å². The number of anilines is 2. The van der Waals surface area contributed by atoms with E-state index in [2.05, 4.69) is 36.5 Å². The standard InChI is InChI=1S/C10H16BrN5O2/c1-18-5-4-13-7(17)2-3-14-10-8(11)9(12)15-6-16-10/h6H,2-5H2,1H3,(H,13,17)(H3,12,14,15,16). The minimum atomic E-state index is -0.0438. The van der Waals surface area contributed by atoms with Gasteiger partial charge < -0.3 is 21.1 Å². The molecule has 0 bridgehead atoms. The molecule has 1 rings (SSSR count). The van der Waals surface area contributed by atoms with E-state index in [0.717, 1.165) is 0 Å². The molecule has 0 saturated carbocycles. The molecule has 7 nitrogen and oxygen atoms in total. The Balaban J connectivity index is 2.29. The largest absolute Gasteiger partial charge is 0.383 e. The van der Waals surface area contributed by atoms with Crippen LogP contribution in [0.4, 0.5) is 11.6 Å². The molecule has 1 heterocycles. The van der Waals surface area contributed by atoms with Gasteiger partial charge in [0.1, 0.15) is 22.4 Å². The molecular weight excluding hydrogens is 302 g/mol. The van der Waals surface area contributed by atoms with Crippen LogP contribution in [0.1, 0.15) is 6.42 Å². The van der Waals surface area contributed by atoms with Gasteiger partial charge in [-0.15, -0.1) is 0 Å². The molecule has 8 heteroatoms. The minimum absolute atomic E-state index is 0.0438. The van der Waals surface area contributed by atoms with Crippen molar-refractivity contribution in [3.8, 4) is 0 Å². The van der Waals surface area contributed by atoms with Gasteiger partial charge in [0.15, 0.2) is 0 Å². The number of hydrogen-bond acceptors (Lipinski definition) is 6. The number of nitrogens with two attached hydrogens (primary N) is 1. The van der Waals surface area contributed by atoms with Crippen LogP contribution >= 0.6 is 15.9 Å². The number of carbonyl (C=O) groups is 1.